The smallest absolute Gasteiger partial charge is 0.408 e. The third-order valence-electron chi connectivity index (χ3n) is 4.74. The van der Waals surface area contributed by atoms with Crippen LogP contribution in [0.2, 0.25) is 0 Å². The first-order chi connectivity index (χ1) is 16.2. The molecule has 0 bridgehead atoms. The van der Waals surface area contributed by atoms with Crippen LogP contribution >= 0.6 is 0 Å². The van der Waals surface area contributed by atoms with E-state index in [-0.39, 0.29) is 26.0 Å². The lowest BCUT2D eigenvalue weighted by Crippen LogP contribution is -2.62. The second kappa shape index (κ2) is 12.9. The molecule has 12 heteroatoms. The zero-order valence-corrected chi connectivity index (χ0v) is 20.8. The minimum atomic E-state index is -2.38. The van der Waals surface area contributed by atoms with Gasteiger partial charge in [-0.15, -0.1) is 0 Å². The van der Waals surface area contributed by atoms with Gasteiger partial charge >= 0.3 is 12.1 Å². The minimum Gasteiger partial charge on any atom is -0.444 e. The Morgan fingerprint density at radius 2 is 1.69 bits per heavy atom. The molecule has 0 saturated heterocycles. The third-order valence-corrected chi connectivity index (χ3v) is 4.74. The van der Waals surface area contributed by atoms with Crippen molar-refractivity contribution in [3.8, 4) is 0 Å². The van der Waals surface area contributed by atoms with Crippen molar-refractivity contribution in [2.75, 3.05) is 11.9 Å². The fraction of sp³-hybridized carbons (Fsp3) is 0.565. The number of amides is 5. The number of aliphatic hydroxyl groups excluding tert-OH is 1. The molecule has 2 atom stereocenters. The molecule has 12 nitrogen and oxygen atoms in total. The van der Waals surface area contributed by atoms with Gasteiger partial charge in [-0.25, -0.2) is 9.59 Å². The molecular formula is C23H37N5O7. The van der Waals surface area contributed by atoms with E-state index in [0.29, 0.717) is 11.3 Å². The Balaban J connectivity index is 3.06. The van der Waals surface area contributed by atoms with Crippen LogP contribution in [0.4, 0.5) is 15.3 Å². The van der Waals surface area contributed by atoms with Crippen LogP contribution in [0.5, 0.6) is 0 Å². The van der Waals surface area contributed by atoms with E-state index in [2.05, 4.69) is 21.3 Å². The van der Waals surface area contributed by atoms with Gasteiger partial charge in [0.2, 0.25) is 11.6 Å². The zero-order chi connectivity index (χ0) is 26.8. The Morgan fingerprint density at radius 1 is 1.09 bits per heavy atom. The number of ether oxygens (including phenoxy) is 1. The van der Waals surface area contributed by atoms with Gasteiger partial charge in [-0.3, -0.25) is 9.59 Å². The topological polar surface area (TPSA) is 192 Å². The van der Waals surface area contributed by atoms with Crippen molar-refractivity contribution in [3.05, 3.63) is 29.8 Å². The largest absolute Gasteiger partial charge is 0.444 e. The van der Waals surface area contributed by atoms with Gasteiger partial charge in [-0.05, 0) is 50.8 Å². The molecule has 0 aliphatic carbocycles. The highest BCUT2D eigenvalue weighted by Crippen LogP contribution is 2.17. The molecule has 1 rings (SSSR count). The number of nitrogens with one attached hydrogen (secondary N) is 4. The Kier molecular flexibility index (Phi) is 10.9. The monoisotopic (exact) mass is 495 g/mol. The molecule has 1 aromatic carbocycles. The summed E-state index contributed by atoms with van der Waals surface area (Å²) in [5.41, 5.74) is 2.81. The number of hydrogen-bond donors (Lipinski definition) is 7. The maximum Gasteiger partial charge on any atom is 0.408 e. The average molecular weight is 496 g/mol. The Morgan fingerprint density at radius 3 is 2.17 bits per heavy atom. The first-order valence-electron chi connectivity index (χ1n) is 11.3. The summed E-state index contributed by atoms with van der Waals surface area (Å²) in [5, 5.41) is 30.0. The SMILES string of the molecule is CC(C)[C@H](NC(=O)OC(C)(C)C)C(=O)NC(O)(CCCNC(N)=O)C(=O)Nc1ccc(CO)cc1. The number of alkyl carbamates (subject to hydrolysis) is 1. The standard InChI is InChI=1S/C23H37N5O7/c1-14(2)17(27-21(33)35-22(3,4)5)18(30)28-23(34,11-6-12-25-20(24)32)19(31)26-16-9-7-15(13-29)8-10-16/h7-10,14,17,29,34H,6,11-13H2,1-5H3,(H,26,31)(H,27,33)(H,28,30)(H3,24,25,32)/t17-,23?/m0/s1. The average Bonchev–Trinajstić information content (AvgIpc) is 2.74. The molecule has 0 aliphatic heterocycles. The Bertz CT molecular complexity index is 883. The summed E-state index contributed by atoms with van der Waals surface area (Å²) in [5.74, 6) is -2.14. The molecule has 5 amide bonds. The van der Waals surface area contributed by atoms with Gasteiger partial charge in [-0.2, -0.15) is 0 Å². The van der Waals surface area contributed by atoms with E-state index in [9.17, 15) is 24.3 Å². The van der Waals surface area contributed by atoms with Crippen molar-refractivity contribution in [1.29, 1.82) is 0 Å². The molecule has 0 radical (unpaired) electrons. The molecule has 0 spiro atoms. The van der Waals surface area contributed by atoms with Crippen LogP contribution < -0.4 is 27.0 Å². The van der Waals surface area contributed by atoms with E-state index in [1.54, 1.807) is 46.8 Å². The normalized spacial score (nSPS) is 13.8. The maximum atomic E-state index is 13.0. The van der Waals surface area contributed by atoms with Gasteiger partial charge in [0.15, 0.2) is 0 Å². The lowest BCUT2D eigenvalue weighted by molar-refractivity contribution is -0.147. The quantitative estimate of drug-likeness (QED) is 0.175. The number of hydrogen-bond acceptors (Lipinski definition) is 7. The molecule has 1 aromatic rings. The lowest BCUT2D eigenvalue weighted by atomic mass is 10.0. The van der Waals surface area contributed by atoms with Crippen molar-refractivity contribution in [1.82, 2.24) is 16.0 Å². The molecular weight excluding hydrogens is 458 g/mol. The molecule has 35 heavy (non-hydrogen) atoms. The molecule has 0 saturated carbocycles. The number of nitrogens with two attached hydrogens (primary N) is 1. The van der Waals surface area contributed by atoms with E-state index < -0.39 is 47.2 Å². The van der Waals surface area contributed by atoms with E-state index in [4.69, 9.17) is 15.6 Å². The van der Waals surface area contributed by atoms with E-state index in [1.165, 1.54) is 12.1 Å². The molecule has 0 fully saturated rings. The fourth-order valence-electron chi connectivity index (χ4n) is 2.97. The maximum absolute atomic E-state index is 13.0. The highest BCUT2D eigenvalue weighted by Gasteiger charge is 2.40. The number of aliphatic hydroxyl groups is 2. The summed E-state index contributed by atoms with van der Waals surface area (Å²) in [6.07, 6.45) is -0.992. The van der Waals surface area contributed by atoms with E-state index >= 15 is 0 Å². The van der Waals surface area contributed by atoms with Gasteiger partial charge < -0.3 is 42.0 Å². The van der Waals surface area contributed by atoms with Crippen molar-refractivity contribution in [2.24, 2.45) is 11.7 Å². The summed E-state index contributed by atoms with van der Waals surface area (Å²) >= 11 is 0. The fourth-order valence-corrected chi connectivity index (χ4v) is 2.97. The highest BCUT2D eigenvalue weighted by molar-refractivity contribution is 6.00. The summed E-state index contributed by atoms with van der Waals surface area (Å²) in [6, 6.07) is 4.35. The zero-order valence-electron chi connectivity index (χ0n) is 20.8. The number of carbonyl (C=O) groups is 4. The second-order valence-corrected chi connectivity index (χ2v) is 9.42. The Hall–Kier alpha value is -3.38. The Labute approximate surface area is 205 Å². The summed E-state index contributed by atoms with van der Waals surface area (Å²) in [4.78, 5) is 49.2. The van der Waals surface area contributed by atoms with Gasteiger partial charge in [0, 0.05) is 18.7 Å². The third kappa shape index (κ3) is 10.6. The van der Waals surface area contributed by atoms with Crippen molar-refractivity contribution in [3.63, 3.8) is 0 Å². The number of rotatable bonds is 11. The molecule has 0 aliphatic rings. The van der Waals surface area contributed by atoms with Crippen LogP contribution in [0, 0.1) is 5.92 Å². The second-order valence-electron chi connectivity index (χ2n) is 9.42. The van der Waals surface area contributed by atoms with E-state index in [1.807, 2.05) is 0 Å². The highest BCUT2D eigenvalue weighted by atomic mass is 16.6. The number of anilines is 1. The number of primary amides is 1. The first-order valence-corrected chi connectivity index (χ1v) is 11.3. The summed E-state index contributed by atoms with van der Waals surface area (Å²) < 4.78 is 5.20. The molecule has 1 unspecified atom stereocenters. The van der Waals surface area contributed by atoms with Crippen LogP contribution in [0.1, 0.15) is 53.0 Å². The van der Waals surface area contributed by atoms with Crippen LogP contribution in [0.25, 0.3) is 0 Å². The molecule has 0 aromatic heterocycles. The van der Waals surface area contributed by atoms with Crippen molar-refractivity contribution >= 4 is 29.6 Å². The lowest BCUT2D eigenvalue weighted by Gasteiger charge is -2.31. The van der Waals surface area contributed by atoms with Crippen molar-refractivity contribution in [2.45, 2.75) is 71.4 Å². The van der Waals surface area contributed by atoms with Gasteiger partial charge in [-0.1, -0.05) is 26.0 Å². The van der Waals surface area contributed by atoms with Crippen LogP contribution in [0.3, 0.4) is 0 Å². The predicted octanol–water partition coefficient (Wildman–Crippen LogP) is 0.920. The molecule has 196 valence electrons. The number of urea groups is 1. The number of carbonyl (C=O) groups excluding carboxylic acids is 4. The summed E-state index contributed by atoms with van der Waals surface area (Å²) in [6.45, 7) is 8.26. The van der Waals surface area contributed by atoms with Crippen LogP contribution in [-0.4, -0.2) is 58.1 Å². The van der Waals surface area contributed by atoms with Crippen LogP contribution in [-0.2, 0) is 20.9 Å². The van der Waals surface area contributed by atoms with Crippen molar-refractivity contribution < 1.29 is 34.1 Å². The van der Waals surface area contributed by atoms with Gasteiger partial charge in [0.05, 0.1) is 6.61 Å². The van der Waals surface area contributed by atoms with Crippen LogP contribution in [0.15, 0.2) is 24.3 Å². The minimum absolute atomic E-state index is 0.0513. The van der Waals surface area contributed by atoms with Gasteiger partial charge in [0.1, 0.15) is 11.6 Å². The first kappa shape index (κ1) is 29.7. The number of benzene rings is 1. The van der Waals surface area contributed by atoms with E-state index in [0.717, 1.165) is 0 Å². The predicted molar refractivity (Wildman–Crippen MR) is 129 cm³/mol. The molecule has 8 N–H and O–H groups in total. The van der Waals surface area contributed by atoms with Gasteiger partial charge in [0.25, 0.3) is 5.91 Å². The molecule has 0 heterocycles. The summed E-state index contributed by atoms with van der Waals surface area (Å²) in [7, 11) is 0.